The SMILES string of the molecule is Cc1occc1C(=O)N1CCc2onc(COc3cccnc3)c2C1. The van der Waals surface area contributed by atoms with Gasteiger partial charge in [0.15, 0.2) is 0 Å². The molecule has 0 fully saturated rings. The molecular weight excluding hydrogens is 322 g/mol. The normalized spacial score (nSPS) is 13.6. The molecular formula is C18H17N3O4. The van der Waals surface area contributed by atoms with Gasteiger partial charge in [-0.2, -0.15) is 0 Å². The van der Waals surface area contributed by atoms with Gasteiger partial charge in [0.2, 0.25) is 0 Å². The van der Waals surface area contributed by atoms with E-state index in [0.717, 1.165) is 11.3 Å². The van der Waals surface area contributed by atoms with Crippen LogP contribution in [0.1, 0.15) is 33.1 Å². The number of ether oxygens (including phenoxy) is 1. The van der Waals surface area contributed by atoms with Gasteiger partial charge >= 0.3 is 0 Å². The highest BCUT2D eigenvalue weighted by Gasteiger charge is 2.28. The number of carbonyl (C=O) groups is 1. The summed E-state index contributed by atoms with van der Waals surface area (Å²) in [5.74, 6) is 2.06. The molecule has 4 rings (SSSR count). The van der Waals surface area contributed by atoms with E-state index in [1.54, 1.807) is 36.4 Å². The molecule has 0 spiro atoms. The smallest absolute Gasteiger partial charge is 0.257 e. The minimum Gasteiger partial charge on any atom is -0.486 e. The summed E-state index contributed by atoms with van der Waals surface area (Å²) in [7, 11) is 0. The summed E-state index contributed by atoms with van der Waals surface area (Å²) >= 11 is 0. The third kappa shape index (κ3) is 3.00. The molecule has 128 valence electrons. The first-order valence-corrected chi connectivity index (χ1v) is 8.05. The molecule has 0 aromatic carbocycles. The van der Waals surface area contributed by atoms with Crippen molar-refractivity contribution in [3.63, 3.8) is 0 Å². The fraction of sp³-hybridized carbons (Fsp3) is 0.278. The van der Waals surface area contributed by atoms with E-state index < -0.39 is 0 Å². The molecule has 0 radical (unpaired) electrons. The molecule has 0 saturated heterocycles. The van der Waals surface area contributed by atoms with Gasteiger partial charge in [0.25, 0.3) is 5.91 Å². The van der Waals surface area contributed by atoms with Gasteiger partial charge in [-0.05, 0) is 25.1 Å². The maximum absolute atomic E-state index is 12.7. The Bertz CT molecular complexity index is 885. The molecule has 3 aromatic rings. The van der Waals surface area contributed by atoms with Crippen LogP contribution in [-0.2, 0) is 19.6 Å². The van der Waals surface area contributed by atoms with Gasteiger partial charge in [-0.1, -0.05) is 5.16 Å². The minimum atomic E-state index is -0.0442. The number of hydrogen-bond acceptors (Lipinski definition) is 6. The maximum Gasteiger partial charge on any atom is 0.257 e. The van der Waals surface area contributed by atoms with Gasteiger partial charge in [0, 0.05) is 24.7 Å². The fourth-order valence-electron chi connectivity index (χ4n) is 2.91. The lowest BCUT2D eigenvalue weighted by molar-refractivity contribution is 0.0726. The van der Waals surface area contributed by atoms with E-state index in [1.165, 1.54) is 6.26 Å². The van der Waals surface area contributed by atoms with Crippen LogP contribution in [0, 0.1) is 6.92 Å². The number of furan rings is 1. The van der Waals surface area contributed by atoms with Crippen LogP contribution < -0.4 is 4.74 Å². The van der Waals surface area contributed by atoms with Gasteiger partial charge < -0.3 is 18.6 Å². The number of fused-ring (bicyclic) bond motifs is 1. The van der Waals surface area contributed by atoms with E-state index in [4.69, 9.17) is 13.7 Å². The maximum atomic E-state index is 12.7. The molecule has 25 heavy (non-hydrogen) atoms. The molecule has 1 amide bonds. The Morgan fingerprint density at radius 3 is 3.08 bits per heavy atom. The molecule has 0 N–H and O–H groups in total. The highest BCUT2D eigenvalue weighted by atomic mass is 16.5. The Labute approximate surface area is 144 Å². The summed E-state index contributed by atoms with van der Waals surface area (Å²) in [6.45, 7) is 3.11. The van der Waals surface area contributed by atoms with Crippen LogP contribution in [0.3, 0.4) is 0 Å². The quantitative estimate of drug-likeness (QED) is 0.727. The second-order valence-electron chi connectivity index (χ2n) is 5.88. The van der Waals surface area contributed by atoms with Crippen LogP contribution in [0.15, 0.2) is 45.8 Å². The number of pyridine rings is 1. The van der Waals surface area contributed by atoms with Gasteiger partial charge in [-0.3, -0.25) is 9.78 Å². The summed E-state index contributed by atoms with van der Waals surface area (Å²) in [5.41, 5.74) is 2.22. The molecule has 7 heteroatoms. The lowest BCUT2D eigenvalue weighted by Gasteiger charge is -2.26. The van der Waals surface area contributed by atoms with Crippen LogP contribution in [0.2, 0.25) is 0 Å². The summed E-state index contributed by atoms with van der Waals surface area (Å²) in [4.78, 5) is 18.5. The second kappa shape index (κ2) is 6.43. The third-order valence-corrected chi connectivity index (χ3v) is 4.30. The van der Waals surface area contributed by atoms with Crippen LogP contribution in [-0.4, -0.2) is 27.5 Å². The topological polar surface area (TPSA) is 81.6 Å². The Morgan fingerprint density at radius 2 is 2.32 bits per heavy atom. The van der Waals surface area contributed by atoms with E-state index in [9.17, 15) is 4.79 Å². The average molecular weight is 339 g/mol. The molecule has 3 aromatic heterocycles. The van der Waals surface area contributed by atoms with Gasteiger partial charge in [-0.15, -0.1) is 0 Å². The van der Waals surface area contributed by atoms with Crippen LogP contribution in [0.25, 0.3) is 0 Å². The second-order valence-corrected chi connectivity index (χ2v) is 5.88. The Kier molecular flexibility index (Phi) is 3.97. The molecule has 0 unspecified atom stereocenters. The predicted molar refractivity (Wildman–Crippen MR) is 87.0 cm³/mol. The van der Waals surface area contributed by atoms with Gasteiger partial charge in [0.05, 0.1) is 24.6 Å². The first-order valence-electron chi connectivity index (χ1n) is 8.05. The standard InChI is InChI=1S/C18H17N3O4/c1-12-14(5-8-23-12)18(22)21-7-4-17-15(10-21)16(20-25-17)11-24-13-3-2-6-19-9-13/h2-3,5-6,8-9H,4,7,10-11H2,1H3. The number of hydrogen-bond donors (Lipinski definition) is 0. The van der Waals surface area contributed by atoms with E-state index in [2.05, 4.69) is 10.1 Å². The van der Waals surface area contributed by atoms with Crippen molar-refractivity contribution in [3.05, 3.63) is 65.2 Å². The molecule has 7 nitrogen and oxygen atoms in total. The van der Waals surface area contributed by atoms with Crippen molar-refractivity contribution in [2.45, 2.75) is 26.5 Å². The van der Waals surface area contributed by atoms with Crippen molar-refractivity contribution in [2.75, 3.05) is 6.54 Å². The summed E-state index contributed by atoms with van der Waals surface area (Å²) in [6.07, 6.45) is 5.50. The van der Waals surface area contributed by atoms with E-state index >= 15 is 0 Å². The van der Waals surface area contributed by atoms with Crippen molar-refractivity contribution in [1.29, 1.82) is 0 Å². The Hall–Kier alpha value is -3.09. The molecule has 1 aliphatic heterocycles. The number of amides is 1. The van der Waals surface area contributed by atoms with Gasteiger partial charge in [0.1, 0.15) is 29.6 Å². The molecule has 4 heterocycles. The summed E-state index contributed by atoms with van der Waals surface area (Å²) in [5, 5.41) is 4.11. The molecule has 0 bridgehead atoms. The number of carbonyl (C=O) groups excluding carboxylic acids is 1. The predicted octanol–water partition coefficient (Wildman–Crippen LogP) is 2.75. The van der Waals surface area contributed by atoms with Gasteiger partial charge in [-0.25, -0.2) is 0 Å². The highest BCUT2D eigenvalue weighted by Crippen LogP contribution is 2.25. The largest absolute Gasteiger partial charge is 0.486 e. The number of aromatic nitrogens is 2. The number of aryl methyl sites for hydroxylation is 1. The zero-order valence-corrected chi connectivity index (χ0v) is 13.8. The van der Waals surface area contributed by atoms with Crippen molar-refractivity contribution < 1.29 is 18.5 Å². The van der Waals surface area contributed by atoms with Crippen LogP contribution >= 0.6 is 0 Å². The fourth-order valence-corrected chi connectivity index (χ4v) is 2.91. The highest BCUT2D eigenvalue weighted by molar-refractivity contribution is 5.95. The van der Waals surface area contributed by atoms with Crippen molar-refractivity contribution in [1.82, 2.24) is 15.0 Å². The first-order chi connectivity index (χ1) is 12.2. The zero-order chi connectivity index (χ0) is 17.2. The van der Waals surface area contributed by atoms with Crippen LogP contribution in [0.4, 0.5) is 0 Å². The zero-order valence-electron chi connectivity index (χ0n) is 13.8. The summed E-state index contributed by atoms with van der Waals surface area (Å²) in [6, 6.07) is 5.34. The van der Waals surface area contributed by atoms with Crippen molar-refractivity contribution in [2.24, 2.45) is 0 Å². The van der Waals surface area contributed by atoms with Crippen LogP contribution in [0.5, 0.6) is 5.75 Å². The molecule has 1 aliphatic rings. The third-order valence-electron chi connectivity index (χ3n) is 4.30. The molecule has 0 atom stereocenters. The van der Waals surface area contributed by atoms with Crippen molar-refractivity contribution >= 4 is 5.91 Å². The Morgan fingerprint density at radius 1 is 1.40 bits per heavy atom. The monoisotopic (exact) mass is 339 g/mol. The minimum absolute atomic E-state index is 0.0442. The average Bonchev–Trinajstić information content (AvgIpc) is 3.26. The molecule has 0 aliphatic carbocycles. The lowest BCUT2D eigenvalue weighted by atomic mass is 10.1. The van der Waals surface area contributed by atoms with E-state index in [-0.39, 0.29) is 12.5 Å². The summed E-state index contributed by atoms with van der Waals surface area (Å²) < 4.78 is 16.4. The van der Waals surface area contributed by atoms with Crippen molar-refractivity contribution in [3.8, 4) is 5.75 Å². The number of rotatable bonds is 4. The molecule has 0 saturated carbocycles. The van der Waals surface area contributed by atoms with E-state index in [0.29, 0.717) is 42.3 Å². The lowest BCUT2D eigenvalue weighted by Crippen LogP contribution is -2.36. The Balaban J connectivity index is 1.49. The first kappa shape index (κ1) is 15.4. The van der Waals surface area contributed by atoms with E-state index in [1.807, 2.05) is 6.07 Å². The number of nitrogens with zero attached hydrogens (tertiary/aromatic N) is 3.